The maximum atomic E-state index is 12.1. The minimum atomic E-state index is -0.410. The number of carbonyl (C=O) groups is 1. The van der Waals surface area contributed by atoms with Crippen LogP contribution in [0.2, 0.25) is 0 Å². The van der Waals surface area contributed by atoms with E-state index in [1.54, 1.807) is 22.3 Å². The SMILES string of the molecule is CC1CCN(C(=O)/C=C/c2cnc(C(C)(C)C)s2)CC1O. The Morgan fingerprint density at radius 3 is 2.81 bits per heavy atom. The molecule has 0 spiro atoms. The highest BCUT2D eigenvalue weighted by Gasteiger charge is 2.26. The zero-order chi connectivity index (χ0) is 15.6. The molecule has 2 rings (SSSR count). The number of nitrogens with zero attached hydrogens (tertiary/aromatic N) is 2. The van der Waals surface area contributed by atoms with Gasteiger partial charge in [-0.15, -0.1) is 11.3 Å². The van der Waals surface area contributed by atoms with E-state index in [4.69, 9.17) is 0 Å². The second-order valence-electron chi connectivity index (χ2n) is 6.77. The molecule has 21 heavy (non-hydrogen) atoms. The molecule has 116 valence electrons. The summed E-state index contributed by atoms with van der Waals surface area (Å²) in [6.45, 7) is 9.55. The molecule has 5 heteroatoms. The van der Waals surface area contributed by atoms with Crippen molar-refractivity contribution in [3.63, 3.8) is 0 Å². The van der Waals surface area contributed by atoms with Gasteiger partial charge in [-0.25, -0.2) is 4.98 Å². The second kappa shape index (κ2) is 6.28. The number of piperidine rings is 1. The molecule has 1 aromatic heterocycles. The van der Waals surface area contributed by atoms with Gasteiger partial charge in [0, 0.05) is 35.7 Å². The average Bonchev–Trinajstić information content (AvgIpc) is 2.88. The Hall–Kier alpha value is -1.20. The second-order valence-corrected chi connectivity index (χ2v) is 7.83. The van der Waals surface area contributed by atoms with Gasteiger partial charge in [-0.1, -0.05) is 27.7 Å². The Kier molecular flexibility index (Phi) is 4.84. The average molecular weight is 308 g/mol. The van der Waals surface area contributed by atoms with Crippen molar-refractivity contribution >= 4 is 23.3 Å². The quantitative estimate of drug-likeness (QED) is 0.855. The highest BCUT2D eigenvalue weighted by atomic mass is 32.1. The Morgan fingerprint density at radius 1 is 1.52 bits per heavy atom. The summed E-state index contributed by atoms with van der Waals surface area (Å²) in [7, 11) is 0. The van der Waals surface area contributed by atoms with Crippen LogP contribution in [0.4, 0.5) is 0 Å². The van der Waals surface area contributed by atoms with Crippen LogP contribution in [-0.4, -0.2) is 40.1 Å². The lowest BCUT2D eigenvalue weighted by molar-refractivity contribution is -0.130. The van der Waals surface area contributed by atoms with E-state index in [2.05, 4.69) is 25.8 Å². The van der Waals surface area contributed by atoms with Crippen LogP contribution in [0.3, 0.4) is 0 Å². The summed E-state index contributed by atoms with van der Waals surface area (Å²) in [6.07, 6.45) is 5.66. The summed E-state index contributed by atoms with van der Waals surface area (Å²) >= 11 is 1.61. The zero-order valence-corrected chi connectivity index (χ0v) is 14.0. The lowest BCUT2D eigenvalue weighted by Crippen LogP contribution is -2.45. The first kappa shape index (κ1) is 16.2. The van der Waals surface area contributed by atoms with Gasteiger partial charge >= 0.3 is 0 Å². The number of aliphatic hydroxyl groups is 1. The molecule has 2 heterocycles. The molecule has 0 radical (unpaired) electrons. The van der Waals surface area contributed by atoms with Gasteiger partial charge in [-0.3, -0.25) is 4.79 Å². The Balaban J connectivity index is 1.98. The van der Waals surface area contributed by atoms with Crippen molar-refractivity contribution < 1.29 is 9.90 Å². The molecule has 1 fully saturated rings. The van der Waals surface area contributed by atoms with E-state index in [-0.39, 0.29) is 17.2 Å². The number of thiazole rings is 1. The van der Waals surface area contributed by atoms with Crippen LogP contribution in [0, 0.1) is 5.92 Å². The zero-order valence-electron chi connectivity index (χ0n) is 13.2. The molecule has 1 N–H and O–H groups in total. The summed E-state index contributed by atoms with van der Waals surface area (Å²) in [5.74, 6) is 0.237. The summed E-state index contributed by atoms with van der Waals surface area (Å²) in [5.41, 5.74) is 0.0356. The van der Waals surface area contributed by atoms with Gasteiger partial charge in [-0.2, -0.15) is 0 Å². The summed E-state index contributed by atoms with van der Waals surface area (Å²) in [4.78, 5) is 19.2. The molecule has 1 aliphatic rings. The molecule has 1 aliphatic heterocycles. The third kappa shape index (κ3) is 4.14. The summed E-state index contributed by atoms with van der Waals surface area (Å²) in [6, 6.07) is 0. The third-order valence-electron chi connectivity index (χ3n) is 3.79. The van der Waals surface area contributed by atoms with Crippen molar-refractivity contribution in [2.75, 3.05) is 13.1 Å². The van der Waals surface area contributed by atoms with Crippen molar-refractivity contribution in [2.24, 2.45) is 5.92 Å². The Labute approximate surface area is 130 Å². The maximum absolute atomic E-state index is 12.1. The molecular weight excluding hydrogens is 284 g/mol. The Morgan fingerprint density at radius 2 is 2.24 bits per heavy atom. The lowest BCUT2D eigenvalue weighted by atomic mass is 9.96. The van der Waals surface area contributed by atoms with Gasteiger partial charge in [-0.05, 0) is 18.4 Å². The number of carbonyl (C=O) groups excluding carboxylic acids is 1. The van der Waals surface area contributed by atoms with Crippen LogP contribution < -0.4 is 0 Å². The van der Waals surface area contributed by atoms with Crippen molar-refractivity contribution in [3.05, 3.63) is 22.2 Å². The van der Waals surface area contributed by atoms with E-state index in [1.165, 1.54) is 0 Å². The molecule has 0 aromatic carbocycles. The number of hydrogen-bond donors (Lipinski definition) is 1. The minimum Gasteiger partial charge on any atom is -0.391 e. The molecule has 2 atom stereocenters. The maximum Gasteiger partial charge on any atom is 0.246 e. The largest absolute Gasteiger partial charge is 0.391 e. The van der Waals surface area contributed by atoms with Crippen LogP contribution in [0.1, 0.15) is 44.0 Å². The molecule has 1 amide bonds. The van der Waals surface area contributed by atoms with Crippen LogP contribution in [0.5, 0.6) is 0 Å². The van der Waals surface area contributed by atoms with Crippen LogP contribution in [0.15, 0.2) is 12.3 Å². The van der Waals surface area contributed by atoms with Crippen molar-refractivity contribution in [1.82, 2.24) is 9.88 Å². The Bertz CT molecular complexity index is 531. The molecule has 1 aromatic rings. The monoisotopic (exact) mass is 308 g/mol. The molecule has 0 bridgehead atoms. The van der Waals surface area contributed by atoms with E-state index in [0.717, 1.165) is 22.9 Å². The number of aromatic nitrogens is 1. The molecule has 0 saturated carbocycles. The van der Waals surface area contributed by atoms with Gasteiger partial charge in [0.05, 0.1) is 11.1 Å². The summed E-state index contributed by atoms with van der Waals surface area (Å²) in [5, 5.41) is 10.9. The first-order valence-electron chi connectivity index (χ1n) is 7.38. The first-order valence-corrected chi connectivity index (χ1v) is 8.20. The van der Waals surface area contributed by atoms with Crippen molar-refractivity contribution in [3.8, 4) is 0 Å². The standard InChI is InChI=1S/C16H24N2O2S/c1-11-7-8-18(10-13(11)19)14(20)6-5-12-9-17-15(21-12)16(2,3)4/h5-6,9,11,13,19H,7-8,10H2,1-4H3/b6-5+. The van der Waals surface area contributed by atoms with E-state index < -0.39 is 6.10 Å². The minimum absolute atomic E-state index is 0.0355. The number of aliphatic hydroxyl groups excluding tert-OH is 1. The number of hydrogen-bond acceptors (Lipinski definition) is 4. The van der Waals surface area contributed by atoms with Gasteiger partial charge in [0.2, 0.25) is 5.91 Å². The highest BCUT2D eigenvalue weighted by Crippen LogP contribution is 2.27. The summed E-state index contributed by atoms with van der Waals surface area (Å²) < 4.78 is 0. The molecule has 0 aliphatic carbocycles. The normalized spacial score (nSPS) is 23.8. The third-order valence-corrected chi connectivity index (χ3v) is 5.17. The molecule has 2 unspecified atom stereocenters. The number of amides is 1. The number of rotatable bonds is 2. The highest BCUT2D eigenvalue weighted by molar-refractivity contribution is 7.12. The first-order chi connectivity index (χ1) is 9.77. The molecule has 4 nitrogen and oxygen atoms in total. The molecule has 1 saturated heterocycles. The van der Waals surface area contributed by atoms with Gasteiger partial charge in [0.25, 0.3) is 0 Å². The van der Waals surface area contributed by atoms with Gasteiger partial charge in [0.1, 0.15) is 0 Å². The van der Waals surface area contributed by atoms with E-state index in [9.17, 15) is 9.90 Å². The fourth-order valence-corrected chi connectivity index (χ4v) is 3.09. The van der Waals surface area contributed by atoms with Crippen LogP contribution in [0.25, 0.3) is 6.08 Å². The van der Waals surface area contributed by atoms with E-state index >= 15 is 0 Å². The smallest absolute Gasteiger partial charge is 0.246 e. The number of β-amino-alcohol motifs (C(OH)–C–C–N with tert-alkyl or cyclic N) is 1. The predicted molar refractivity (Wildman–Crippen MR) is 86.2 cm³/mol. The fraction of sp³-hybridized carbons (Fsp3) is 0.625. The number of likely N-dealkylation sites (tertiary alicyclic amines) is 1. The van der Waals surface area contributed by atoms with Crippen molar-refractivity contribution in [1.29, 1.82) is 0 Å². The van der Waals surface area contributed by atoms with E-state index in [1.807, 2.05) is 19.2 Å². The van der Waals surface area contributed by atoms with Gasteiger partial charge < -0.3 is 10.0 Å². The topological polar surface area (TPSA) is 53.4 Å². The lowest BCUT2D eigenvalue weighted by Gasteiger charge is -2.33. The van der Waals surface area contributed by atoms with Gasteiger partial charge in [0.15, 0.2) is 0 Å². The van der Waals surface area contributed by atoms with E-state index in [0.29, 0.717) is 6.54 Å². The predicted octanol–water partition coefficient (Wildman–Crippen LogP) is 2.68. The fourth-order valence-electron chi connectivity index (χ4n) is 2.22. The molecular formula is C16H24N2O2S. The van der Waals surface area contributed by atoms with Crippen molar-refractivity contribution in [2.45, 2.75) is 45.6 Å². The van der Waals surface area contributed by atoms with Crippen LogP contribution >= 0.6 is 11.3 Å². The van der Waals surface area contributed by atoms with Crippen LogP contribution in [-0.2, 0) is 10.2 Å².